The lowest BCUT2D eigenvalue weighted by atomic mass is 10.1. The van der Waals surface area contributed by atoms with E-state index >= 15 is 0 Å². The third-order valence-corrected chi connectivity index (χ3v) is 6.23. The number of ketones is 1. The van der Waals surface area contributed by atoms with E-state index in [0.717, 1.165) is 18.0 Å². The van der Waals surface area contributed by atoms with Crippen LogP contribution in [0.15, 0.2) is 89.8 Å². The molecule has 3 aromatic carbocycles. The molecule has 1 aliphatic heterocycles. The molecule has 0 bridgehead atoms. The molecule has 0 N–H and O–H groups in total. The summed E-state index contributed by atoms with van der Waals surface area (Å²) in [6.07, 6.45) is 0. The van der Waals surface area contributed by atoms with E-state index < -0.39 is 0 Å². The number of amides is 1. The lowest BCUT2D eigenvalue weighted by Gasteiger charge is -2.36. The van der Waals surface area contributed by atoms with Gasteiger partial charge in [-0.1, -0.05) is 54.6 Å². The second-order valence-corrected chi connectivity index (χ2v) is 8.27. The van der Waals surface area contributed by atoms with Gasteiger partial charge in [0, 0.05) is 47.9 Å². The maximum atomic E-state index is 13.0. The van der Waals surface area contributed by atoms with E-state index in [1.807, 2.05) is 77.7 Å². The standard InChI is InChI=1S/C25H24N2O2S/c28-24(20-8-3-1-4-9-20)19-30-23-13-7-10-21(18-23)25(29)27-16-14-26(15-17-27)22-11-5-2-6-12-22/h1-13,18H,14-17,19H2. The molecular weight excluding hydrogens is 392 g/mol. The zero-order valence-corrected chi connectivity index (χ0v) is 17.6. The Morgan fingerprint density at radius 1 is 0.733 bits per heavy atom. The first kappa shape index (κ1) is 20.2. The Labute approximate surface area is 181 Å². The summed E-state index contributed by atoms with van der Waals surface area (Å²) in [5.41, 5.74) is 2.60. The minimum atomic E-state index is 0.0551. The van der Waals surface area contributed by atoms with Crippen LogP contribution in [0.2, 0.25) is 0 Å². The maximum absolute atomic E-state index is 13.0. The predicted molar refractivity (Wildman–Crippen MR) is 122 cm³/mol. The van der Waals surface area contributed by atoms with Crippen LogP contribution in [0, 0.1) is 0 Å². The molecule has 3 aromatic rings. The largest absolute Gasteiger partial charge is 0.368 e. The summed E-state index contributed by atoms with van der Waals surface area (Å²) in [7, 11) is 0. The average Bonchev–Trinajstić information content (AvgIpc) is 2.83. The summed E-state index contributed by atoms with van der Waals surface area (Å²) in [5, 5.41) is 0. The molecule has 4 rings (SSSR count). The molecule has 152 valence electrons. The molecule has 0 aliphatic carbocycles. The fourth-order valence-corrected chi connectivity index (χ4v) is 4.41. The third-order valence-electron chi connectivity index (χ3n) is 5.23. The number of carbonyl (C=O) groups excluding carboxylic acids is 2. The number of anilines is 1. The lowest BCUT2D eigenvalue weighted by Crippen LogP contribution is -2.48. The highest BCUT2D eigenvalue weighted by atomic mass is 32.2. The molecule has 1 saturated heterocycles. The predicted octanol–water partition coefficient (Wildman–Crippen LogP) is 4.62. The molecule has 1 amide bonds. The fourth-order valence-electron chi connectivity index (χ4n) is 3.56. The summed E-state index contributed by atoms with van der Waals surface area (Å²) in [5.74, 6) is 0.506. The van der Waals surface area contributed by atoms with Crippen molar-refractivity contribution in [2.45, 2.75) is 4.90 Å². The Hall–Kier alpha value is -3.05. The van der Waals surface area contributed by atoms with Crippen molar-refractivity contribution in [2.24, 2.45) is 0 Å². The van der Waals surface area contributed by atoms with Crippen molar-refractivity contribution in [3.05, 3.63) is 96.1 Å². The molecular formula is C25H24N2O2S. The summed E-state index contributed by atoms with van der Waals surface area (Å²) < 4.78 is 0. The molecule has 0 radical (unpaired) electrons. The van der Waals surface area contributed by atoms with Gasteiger partial charge in [-0.2, -0.15) is 0 Å². The number of hydrogen-bond acceptors (Lipinski definition) is 4. The smallest absolute Gasteiger partial charge is 0.254 e. The number of piperazine rings is 1. The average molecular weight is 417 g/mol. The monoisotopic (exact) mass is 416 g/mol. The van der Waals surface area contributed by atoms with Gasteiger partial charge >= 0.3 is 0 Å². The van der Waals surface area contributed by atoms with Crippen molar-refractivity contribution in [1.29, 1.82) is 0 Å². The van der Waals surface area contributed by atoms with E-state index in [1.54, 1.807) is 0 Å². The van der Waals surface area contributed by atoms with Gasteiger partial charge in [0.1, 0.15) is 0 Å². The summed E-state index contributed by atoms with van der Waals surface area (Å²) in [4.78, 5) is 30.5. The van der Waals surface area contributed by atoms with E-state index in [4.69, 9.17) is 0 Å². The van der Waals surface area contributed by atoms with Crippen LogP contribution in [-0.4, -0.2) is 48.5 Å². The van der Waals surface area contributed by atoms with E-state index in [0.29, 0.717) is 30.0 Å². The number of nitrogens with zero attached hydrogens (tertiary/aromatic N) is 2. The van der Waals surface area contributed by atoms with Gasteiger partial charge < -0.3 is 9.80 Å². The number of benzene rings is 3. The number of Topliss-reactive ketones (excluding diaryl/α,β-unsaturated/α-hetero) is 1. The van der Waals surface area contributed by atoms with Gasteiger partial charge in [-0.25, -0.2) is 0 Å². The van der Waals surface area contributed by atoms with E-state index in [-0.39, 0.29) is 11.7 Å². The van der Waals surface area contributed by atoms with Crippen LogP contribution in [0.3, 0.4) is 0 Å². The topological polar surface area (TPSA) is 40.6 Å². The van der Waals surface area contributed by atoms with Gasteiger partial charge in [0.15, 0.2) is 5.78 Å². The fraction of sp³-hybridized carbons (Fsp3) is 0.200. The number of thioether (sulfide) groups is 1. The van der Waals surface area contributed by atoms with Crippen molar-refractivity contribution in [3.63, 3.8) is 0 Å². The molecule has 0 saturated carbocycles. The van der Waals surface area contributed by atoms with Crippen LogP contribution >= 0.6 is 11.8 Å². The van der Waals surface area contributed by atoms with Crippen LogP contribution in [0.5, 0.6) is 0 Å². The van der Waals surface area contributed by atoms with E-state index in [1.165, 1.54) is 17.4 Å². The first-order valence-electron chi connectivity index (χ1n) is 10.1. The summed E-state index contributed by atoms with van der Waals surface area (Å²) in [6.45, 7) is 3.07. The molecule has 5 heteroatoms. The van der Waals surface area contributed by atoms with Crippen LogP contribution in [-0.2, 0) is 0 Å². The summed E-state index contributed by atoms with van der Waals surface area (Å²) in [6, 6.07) is 27.2. The van der Waals surface area contributed by atoms with Crippen molar-refractivity contribution >= 4 is 29.1 Å². The molecule has 0 spiro atoms. The molecule has 1 aliphatic rings. The normalized spacial score (nSPS) is 13.9. The van der Waals surface area contributed by atoms with Gasteiger partial charge in [-0.15, -0.1) is 11.8 Å². The summed E-state index contributed by atoms with van der Waals surface area (Å²) >= 11 is 1.47. The Morgan fingerprint density at radius 3 is 2.07 bits per heavy atom. The van der Waals surface area contributed by atoms with Gasteiger partial charge in [-0.3, -0.25) is 9.59 Å². The Balaban J connectivity index is 1.34. The van der Waals surface area contributed by atoms with Crippen molar-refractivity contribution in [2.75, 3.05) is 36.8 Å². The van der Waals surface area contributed by atoms with Crippen LogP contribution < -0.4 is 4.90 Å². The minimum Gasteiger partial charge on any atom is -0.368 e. The molecule has 1 fully saturated rings. The van der Waals surface area contributed by atoms with Gasteiger partial charge in [0.05, 0.1) is 5.75 Å². The number of carbonyl (C=O) groups is 2. The number of rotatable bonds is 6. The highest BCUT2D eigenvalue weighted by Gasteiger charge is 2.22. The molecule has 0 atom stereocenters. The zero-order valence-electron chi connectivity index (χ0n) is 16.7. The zero-order chi connectivity index (χ0) is 20.8. The first-order valence-corrected chi connectivity index (χ1v) is 11.1. The first-order chi connectivity index (χ1) is 14.7. The Morgan fingerprint density at radius 2 is 1.37 bits per heavy atom. The highest BCUT2D eigenvalue weighted by molar-refractivity contribution is 8.00. The third kappa shape index (κ3) is 4.92. The number of para-hydroxylation sites is 1. The quantitative estimate of drug-likeness (QED) is 0.434. The molecule has 30 heavy (non-hydrogen) atoms. The van der Waals surface area contributed by atoms with Crippen LogP contribution in [0.1, 0.15) is 20.7 Å². The molecule has 0 unspecified atom stereocenters. The van der Waals surface area contributed by atoms with Crippen molar-refractivity contribution in [3.8, 4) is 0 Å². The molecule has 1 heterocycles. The van der Waals surface area contributed by atoms with Gasteiger partial charge in [0.2, 0.25) is 0 Å². The minimum absolute atomic E-state index is 0.0551. The van der Waals surface area contributed by atoms with Gasteiger partial charge in [-0.05, 0) is 30.3 Å². The Bertz CT molecular complexity index is 1000. The van der Waals surface area contributed by atoms with Crippen molar-refractivity contribution in [1.82, 2.24) is 4.90 Å². The van der Waals surface area contributed by atoms with Gasteiger partial charge in [0.25, 0.3) is 5.91 Å². The molecule has 4 nitrogen and oxygen atoms in total. The van der Waals surface area contributed by atoms with E-state index in [9.17, 15) is 9.59 Å². The van der Waals surface area contributed by atoms with Crippen LogP contribution in [0.4, 0.5) is 5.69 Å². The highest BCUT2D eigenvalue weighted by Crippen LogP contribution is 2.22. The second kappa shape index (κ2) is 9.63. The van der Waals surface area contributed by atoms with Crippen molar-refractivity contribution < 1.29 is 9.59 Å². The molecule has 0 aromatic heterocycles. The lowest BCUT2D eigenvalue weighted by molar-refractivity contribution is 0.0746. The maximum Gasteiger partial charge on any atom is 0.254 e. The number of hydrogen-bond donors (Lipinski definition) is 0. The van der Waals surface area contributed by atoms with Crippen LogP contribution in [0.25, 0.3) is 0 Å². The van der Waals surface area contributed by atoms with E-state index in [2.05, 4.69) is 17.0 Å². The Kier molecular flexibility index (Phi) is 6.50. The second-order valence-electron chi connectivity index (χ2n) is 7.22. The SMILES string of the molecule is O=C(CSc1cccc(C(=O)N2CCN(c3ccccc3)CC2)c1)c1ccccc1.